The summed E-state index contributed by atoms with van der Waals surface area (Å²) in [7, 11) is 0. The van der Waals surface area contributed by atoms with Crippen molar-refractivity contribution in [3.05, 3.63) is 150 Å². The van der Waals surface area contributed by atoms with Crippen molar-refractivity contribution in [3.8, 4) is 11.3 Å². The summed E-state index contributed by atoms with van der Waals surface area (Å²) in [5, 5.41) is 9.25. The summed E-state index contributed by atoms with van der Waals surface area (Å²) in [5.74, 6) is 0.526. The lowest BCUT2D eigenvalue weighted by molar-refractivity contribution is -0.105. The molecule has 4 aromatic carbocycles. The summed E-state index contributed by atoms with van der Waals surface area (Å²) in [4.78, 5) is 16.0. The molecule has 0 atom stereocenters. The van der Waals surface area contributed by atoms with Gasteiger partial charge in [-0.15, -0.1) is 0 Å². The number of anilines is 1. The number of hydrogen-bond donors (Lipinski definition) is 1. The third kappa shape index (κ3) is 3.98. The number of benzene rings is 4. The van der Waals surface area contributed by atoms with Crippen molar-refractivity contribution in [2.75, 3.05) is 5.32 Å². The maximum absolute atomic E-state index is 11.4. The quantitative estimate of drug-likeness (QED) is 0.168. The Morgan fingerprint density at radius 3 is 1.90 bits per heavy atom. The molecule has 0 radical (unpaired) electrons. The van der Waals surface area contributed by atoms with E-state index >= 15 is 0 Å². The van der Waals surface area contributed by atoms with Gasteiger partial charge in [-0.3, -0.25) is 9.78 Å². The zero-order valence-electron chi connectivity index (χ0n) is 21.9. The second kappa shape index (κ2) is 9.93. The van der Waals surface area contributed by atoms with Gasteiger partial charge in [0.15, 0.2) is 0 Å². The van der Waals surface area contributed by atoms with Crippen molar-refractivity contribution in [1.29, 1.82) is 0 Å². The smallest absolute Gasteiger partial charge is 0.211 e. The SMILES string of the molecule is O=CNc1ccc2c(c1)c(-c1ccnc(C3CC3)c1)nn2C(c1ccccc1)(c1ccccc1)c1ccccc1. The van der Waals surface area contributed by atoms with E-state index in [-0.39, 0.29) is 0 Å². The first-order chi connectivity index (χ1) is 19.8. The van der Waals surface area contributed by atoms with E-state index in [0.29, 0.717) is 12.3 Å². The molecule has 40 heavy (non-hydrogen) atoms. The molecule has 0 unspecified atom stereocenters. The summed E-state index contributed by atoms with van der Waals surface area (Å²) in [6.45, 7) is 0. The topological polar surface area (TPSA) is 59.8 Å². The van der Waals surface area contributed by atoms with Gasteiger partial charge in [-0.1, -0.05) is 91.0 Å². The van der Waals surface area contributed by atoms with Gasteiger partial charge in [-0.2, -0.15) is 5.10 Å². The van der Waals surface area contributed by atoms with Gasteiger partial charge in [-0.25, -0.2) is 4.68 Å². The van der Waals surface area contributed by atoms with Crippen molar-refractivity contribution in [2.24, 2.45) is 0 Å². The Bertz CT molecular complexity index is 1700. The van der Waals surface area contributed by atoms with Crippen LogP contribution in [0.25, 0.3) is 22.2 Å². The Morgan fingerprint density at radius 2 is 1.35 bits per heavy atom. The largest absolute Gasteiger partial charge is 0.329 e. The second-order valence-corrected chi connectivity index (χ2v) is 10.3. The van der Waals surface area contributed by atoms with Gasteiger partial charge in [0.2, 0.25) is 6.41 Å². The number of hydrogen-bond acceptors (Lipinski definition) is 3. The lowest BCUT2D eigenvalue weighted by Crippen LogP contribution is -2.38. The van der Waals surface area contributed by atoms with Crippen molar-refractivity contribution in [1.82, 2.24) is 14.8 Å². The predicted octanol–water partition coefficient (Wildman–Crippen LogP) is 7.38. The van der Waals surface area contributed by atoms with Gasteiger partial charge in [0.05, 0.1) is 5.52 Å². The Kier molecular flexibility index (Phi) is 5.97. The third-order valence-corrected chi connectivity index (χ3v) is 7.85. The van der Waals surface area contributed by atoms with Gasteiger partial charge >= 0.3 is 0 Å². The summed E-state index contributed by atoms with van der Waals surface area (Å²) < 4.78 is 2.17. The van der Waals surface area contributed by atoms with Crippen LogP contribution >= 0.6 is 0 Å². The molecule has 1 aliphatic carbocycles. The van der Waals surface area contributed by atoms with Gasteiger partial charge in [0, 0.05) is 34.4 Å². The molecule has 1 fully saturated rings. The number of rotatable bonds is 8. The monoisotopic (exact) mass is 520 g/mol. The van der Waals surface area contributed by atoms with E-state index in [4.69, 9.17) is 5.10 Å². The fourth-order valence-corrected chi connectivity index (χ4v) is 5.85. The molecule has 5 nitrogen and oxygen atoms in total. The van der Waals surface area contributed by atoms with Gasteiger partial charge in [0.1, 0.15) is 11.2 Å². The minimum absolute atomic E-state index is 0.526. The molecular weight excluding hydrogens is 492 g/mol. The molecule has 1 amide bonds. The first kappa shape index (κ1) is 24.0. The summed E-state index contributed by atoms with van der Waals surface area (Å²) in [6.07, 6.45) is 4.96. The van der Waals surface area contributed by atoms with Gasteiger partial charge in [0.25, 0.3) is 0 Å². The van der Waals surface area contributed by atoms with E-state index in [1.165, 1.54) is 12.8 Å². The van der Waals surface area contributed by atoms with Gasteiger partial charge in [-0.05, 0) is 59.9 Å². The minimum atomic E-state index is -0.758. The molecule has 2 heterocycles. The zero-order valence-corrected chi connectivity index (χ0v) is 21.9. The first-order valence-corrected chi connectivity index (χ1v) is 13.7. The number of nitrogens with one attached hydrogen (secondary N) is 1. The first-order valence-electron chi connectivity index (χ1n) is 13.7. The van der Waals surface area contributed by atoms with Crippen molar-refractivity contribution < 1.29 is 4.79 Å². The predicted molar refractivity (Wildman–Crippen MR) is 159 cm³/mol. The lowest BCUT2D eigenvalue weighted by Gasteiger charge is -2.37. The molecule has 5 heteroatoms. The highest BCUT2D eigenvalue weighted by Crippen LogP contribution is 2.45. The van der Waals surface area contributed by atoms with E-state index in [1.807, 2.05) is 42.6 Å². The Balaban J connectivity index is 1.60. The van der Waals surface area contributed by atoms with Crippen LogP contribution in [0.5, 0.6) is 0 Å². The number of fused-ring (bicyclic) bond motifs is 1. The fourth-order valence-electron chi connectivity index (χ4n) is 5.85. The Labute approximate surface area is 233 Å². The van der Waals surface area contributed by atoms with Crippen LogP contribution in [0.3, 0.4) is 0 Å². The average Bonchev–Trinajstić information content (AvgIpc) is 3.81. The number of aromatic nitrogens is 3. The van der Waals surface area contributed by atoms with Crippen LogP contribution in [0, 0.1) is 0 Å². The van der Waals surface area contributed by atoms with Crippen LogP contribution in [0.4, 0.5) is 5.69 Å². The molecule has 1 aliphatic rings. The molecule has 0 spiro atoms. The fraction of sp³-hybridized carbons (Fsp3) is 0.114. The van der Waals surface area contributed by atoms with Crippen LogP contribution in [0.2, 0.25) is 0 Å². The number of pyridine rings is 1. The molecular formula is C35H28N4O. The number of amides is 1. The Morgan fingerprint density at radius 1 is 0.750 bits per heavy atom. The highest BCUT2D eigenvalue weighted by Gasteiger charge is 2.41. The lowest BCUT2D eigenvalue weighted by atomic mass is 9.77. The van der Waals surface area contributed by atoms with E-state index in [9.17, 15) is 4.79 Å². The summed E-state index contributed by atoms with van der Waals surface area (Å²) in [5.41, 5.74) is 7.24. The molecule has 0 saturated heterocycles. The average molecular weight is 521 g/mol. The molecule has 1 N–H and O–H groups in total. The normalized spacial score (nSPS) is 13.3. The van der Waals surface area contributed by atoms with E-state index in [0.717, 1.165) is 50.2 Å². The van der Waals surface area contributed by atoms with E-state index < -0.39 is 5.54 Å². The van der Waals surface area contributed by atoms with Crippen LogP contribution < -0.4 is 5.32 Å². The molecule has 1 saturated carbocycles. The zero-order chi connectivity index (χ0) is 26.9. The third-order valence-electron chi connectivity index (χ3n) is 7.85. The van der Waals surface area contributed by atoms with E-state index in [1.54, 1.807) is 0 Å². The number of nitrogens with zero attached hydrogens (tertiary/aromatic N) is 3. The minimum Gasteiger partial charge on any atom is -0.329 e. The Hall–Kier alpha value is -5.03. The maximum Gasteiger partial charge on any atom is 0.211 e. The number of carbonyl (C=O) groups excluding carboxylic acids is 1. The molecule has 2 aromatic heterocycles. The molecule has 0 bridgehead atoms. The highest BCUT2D eigenvalue weighted by molar-refractivity contribution is 5.97. The summed E-state index contributed by atoms with van der Waals surface area (Å²) in [6, 6.07) is 41.9. The summed E-state index contributed by atoms with van der Waals surface area (Å²) >= 11 is 0. The van der Waals surface area contributed by atoms with Crippen molar-refractivity contribution >= 4 is 23.0 Å². The molecule has 7 rings (SSSR count). The van der Waals surface area contributed by atoms with Gasteiger partial charge < -0.3 is 5.32 Å². The molecule has 0 aliphatic heterocycles. The van der Waals surface area contributed by atoms with Crippen LogP contribution in [-0.2, 0) is 10.3 Å². The van der Waals surface area contributed by atoms with E-state index in [2.05, 4.69) is 99.9 Å². The molecule has 6 aromatic rings. The maximum atomic E-state index is 11.4. The van der Waals surface area contributed by atoms with Crippen LogP contribution in [0.1, 0.15) is 41.1 Å². The standard InChI is InChI=1S/C35H28N4O/c40-24-37-30-18-19-33-31(23-30)34(26-20-21-36-32(22-26)25-16-17-25)38-39(33)35(27-10-4-1-5-11-27,28-12-6-2-7-13-28)29-14-8-3-9-15-29/h1-15,18-25H,16-17H2,(H,37,40). The van der Waals surface area contributed by atoms with Crippen molar-refractivity contribution in [3.63, 3.8) is 0 Å². The van der Waals surface area contributed by atoms with Crippen LogP contribution in [0.15, 0.2) is 128 Å². The van der Waals surface area contributed by atoms with Crippen molar-refractivity contribution in [2.45, 2.75) is 24.3 Å². The molecule has 194 valence electrons. The highest BCUT2D eigenvalue weighted by atomic mass is 16.1. The van der Waals surface area contributed by atoms with Crippen LogP contribution in [-0.4, -0.2) is 21.2 Å². The second-order valence-electron chi connectivity index (χ2n) is 10.3. The number of carbonyl (C=O) groups is 1.